The average molecular weight is 325 g/mol. The lowest BCUT2D eigenvalue weighted by atomic mass is 10.1. The van der Waals surface area contributed by atoms with E-state index in [2.05, 4.69) is 5.32 Å². The van der Waals surface area contributed by atoms with Crippen molar-refractivity contribution in [3.05, 3.63) is 64.2 Å². The highest BCUT2D eigenvalue weighted by atomic mass is 16.5. The van der Waals surface area contributed by atoms with Crippen LogP contribution < -0.4 is 5.32 Å². The fourth-order valence-corrected chi connectivity index (χ4v) is 2.74. The first-order valence-electron chi connectivity index (χ1n) is 7.94. The second-order valence-corrected chi connectivity index (χ2v) is 6.15. The van der Waals surface area contributed by atoms with E-state index in [-0.39, 0.29) is 18.9 Å². The van der Waals surface area contributed by atoms with Gasteiger partial charge in [-0.1, -0.05) is 47.5 Å². The predicted molar refractivity (Wildman–Crippen MR) is 95.1 cm³/mol. The minimum Gasteiger partial charge on any atom is -0.455 e. The molecular formula is C20H23NO3. The van der Waals surface area contributed by atoms with Crippen LogP contribution in [0.15, 0.2) is 36.4 Å². The molecule has 24 heavy (non-hydrogen) atoms. The van der Waals surface area contributed by atoms with E-state index in [1.54, 1.807) is 0 Å². The maximum atomic E-state index is 12.0. The lowest BCUT2D eigenvalue weighted by Gasteiger charge is -2.13. The number of nitrogens with one attached hydrogen (secondary N) is 1. The molecule has 4 nitrogen and oxygen atoms in total. The van der Waals surface area contributed by atoms with Gasteiger partial charge in [-0.2, -0.15) is 0 Å². The maximum Gasteiger partial charge on any atom is 0.310 e. The van der Waals surface area contributed by atoms with Crippen molar-refractivity contribution >= 4 is 17.6 Å². The second kappa shape index (κ2) is 7.77. The summed E-state index contributed by atoms with van der Waals surface area (Å²) in [6, 6.07) is 11.7. The van der Waals surface area contributed by atoms with E-state index < -0.39 is 5.97 Å². The maximum absolute atomic E-state index is 12.0. The molecule has 0 bridgehead atoms. The number of aryl methyl sites for hydroxylation is 4. The topological polar surface area (TPSA) is 55.4 Å². The zero-order chi connectivity index (χ0) is 17.7. The van der Waals surface area contributed by atoms with Crippen molar-refractivity contribution in [2.45, 2.75) is 34.1 Å². The van der Waals surface area contributed by atoms with Crippen molar-refractivity contribution in [2.24, 2.45) is 0 Å². The van der Waals surface area contributed by atoms with E-state index in [9.17, 15) is 9.59 Å². The molecule has 2 rings (SSSR count). The van der Waals surface area contributed by atoms with E-state index in [4.69, 9.17) is 4.74 Å². The minimum atomic E-state index is -0.409. The fraction of sp³-hybridized carbons (Fsp3) is 0.300. The molecule has 2 aromatic carbocycles. The van der Waals surface area contributed by atoms with Gasteiger partial charge < -0.3 is 10.1 Å². The molecule has 1 N–H and O–H groups in total. The van der Waals surface area contributed by atoms with E-state index >= 15 is 0 Å². The quantitative estimate of drug-likeness (QED) is 0.854. The summed E-state index contributed by atoms with van der Waals surface area (Å²) in [5.74, 6) is -0.740. The van der Waals surface area contributed by atoms with Crippen LogP contribution in [-0.4, -0.2) is 18.5 Å². The van der Waals surface area contributed by atoms with Gasteiger partial charge in [0, 0.05) is 5.69 Å². The van der Waals surface area contributed by atoms with Crippen LogP contribution in [-0.2, 0) is 20.7 Å². The molecule has 0 aliphatic rings. The fourth-order valence-electron chi connectivity index (χ4n) is 2.74. The van der Waals surface area contributed by atoms with Gasteiger partial charge in [0.25, 0.3) is 5.91 Å². The van der Waals surface area contributed by atoms with E-state index in [0.717, 1.165) is 33.5 Å². The number of rotatable bonds is 5. The number of carbonyl (C=O) groups excluding carboxylic acids is 2. The van der Waals surface area contributed by atoms with Crippen molar-refractivity contribution in [3.8, 4) is 0 Å². The van der Waals surface area contributed by atoms with Crippen LogP contribution in [0.25, 0.3) is 0 Å². The van der Waals surface area contributed by atoms with E-state index in [1.807, 2.05) is 64.1 Å². The Morgan fingerprint density at radius 1 is 0.958 bits per heavy atom. The molecule has 0 heterocycles. The van der Waals surface area contributed by atoms with Crippen molar-refractivity contribution in [2.75, 3.05) is 11.9 Å². The molecule has 0 saturated heterocycles. The minimum absolute atomic E-state index is 0.164. The number of hydrogen-bond acceptors (Lipinski definition) is 3. The Morgan fingerprint density at radius 3 is 2.25 bits per heavy atom. The molecule has 0 unspecified atom stereocenters. The van der Waals surface area contributed by atoms with Crippen LogP contribution in [0.1, 0.15) is 27.8 Å². The molecular weight excluding hydrogens is 302 g/mol. The van der Waals surface area contributed by atoms with Gasteiger partial charge in [0.15, 0.2) is 6.61 Å². The molecule has 0 saturated carbocycles. The van der Waals surface area contributed by atoms with Gasteiger partial charge in [-0.05, 0) is 44.4 Å². The summed E-state index contributed by atoms with van der Waals surface area (Å²) in [6.07, 6.45) is 0.164. The number of ether oxygens (including phenoxy) is 1. The molecule has 0 fully saturated rings. The predicted octanol–water partition coefficient (Wildman–Crippen LogP) is 3.64. The first-order chi connectivity index (χ1) is 11.3. The highest BCUT2D eigenvalue weighted by Crippen LogP contribution is 2.21. The third-order valence-corrected chi connectivity index (χ3v) is 3.74. The Labute approximate surface area is 142 Å². The standard InChI is InChI=1S/C20H23NO3/c1-13-6-5-7-17(10-13)11-19(23)24-12-18(22)21-20-15(3)8-14(2)9-16(20)4/h5-10H,11-12H2,1-4H3,(H,21,22). The Kier molecular flexibility index (Phi) is 5.74. The van der Waals surface area contributed by atoms with Crippen molar-refractivity contribution in [3.63, 3.8) is 0 Å². The second-order valence-electron chi connectivity index (χ2n) is 6.15. The molecule has 0 aliphatic carbocycles. The van der Waals surface area contributed by atoms with E-state index in [0.29, 0.717) is 0 Å². The Bertz CT molecular complexity index is 742. The zero-order valence-corrected chi connectivity index (χ0v) is 14.6. The van der Waals surface area contributed by atoms with Gasteiger partial charge in [-0.15, -0.1) is 0 Å². The van der Waals surface area contributed by atoms with Gasteiger partial charge >= 0.3 is 5.97 Å². The van der Waals surface area contributed by atoms with Gasteiger partial charge in [-0.25, -0.2) is 0 Å². The zero-order valence-electron chi connectivity index (χ0n) is 14.6. The van der Waals surface area contributed by atoms with E-state index in [1.165, 1.54) is 0 Å². The molecule has 0 spiro atoms. The van der Waals surface area contributed by atoms with Crippen LogP contribution in [0.3, 0.4) is 0 Å². The Balaban J connectivity index is 1.88. The lowest BCUT2D eigenvalue weighted by molar-refractivity contribution is -0.146. The van der Waals surface area contributed by atoms with Crippen LogP contribution in [0.5, 0.6) is 0 Å². The van der Waals surface area contributed by atoms with Crippen LogP contribution in [0.4, 0.5) is 5.69 Å². The van der Waals surface area contributed by atoms with Crippen molar-refractivity contribution in [1.82, 2.24) is 0 Å². The number of amides is 1. The first-order valence-corrected chi connectivity index (χ1v) is 7.94. The van der Waals surface area contributed by atoms with Crippen LogP contribution >= 0.6 is 0 Å². The largest absolute Gasteiger partial charge is 0.455 e. The molecule has 0 radical (unpaired) electrons. The third-order valence-electron chi connectivity index (χ3n) is 3.74. The molecule has 0 aromatic heterocycles. The Morgan fingerprint density at radius 2 is 1.62 bits per heavy atom. The van der Waals surface area contributed by atoms with Crippen molar-refractivity contribution in [1.29, 1.82) is 0 Å². The monoisotopic (exact) mass is 325 g/mol. The summed E-state index contributed by atoms with van der Waals surface area (Å²) in [5.41, 5.74) is 5.88. The first kappa shape index (κ1) is 17.7. The summed E-state index contributed by atoms with van der Waals surface area (Å²) in [4.78, 5) is 23.9. The van der Waals surface area contributed by atoms with Gasteiger partial charge in [0.05, 0.1) is 6.42 Å². The molecule has 4 heteroatoms. The normalized spacial score (nSPS) is 10.3. The lowest BCUT2D eigenvalue weighted by Crippen LogP contribution is -2.22. The van der Waals surface area contributed by atoms with Crippen LogP contribution in [0.2, 0.25) is 0 Å². The van der Waals surface area contributed by atoms with Gasteiger partial charge in [0.1, 0.15) is 0 Å². The SMILES string of the molecule is Cc1cccc(CC(=O)OCC(=O)Nc2c(C)cc(C)cc2C)c1. The summed E-state index contributed by atoms with van der Waals surface area (Å²) in [7, 11) is 0. The average Bonchev–Trinajstić information content (AvgIpc) is 2.49. The summed E-state index contributed by atoms with van der Waals surface area (Å²) in [5, 5.41) is 2.82. The van der Waals surface area contributed by atoms with Crippen molar-refractivity contribution < 1.29 is 14.3 Å². The van der Waals surface area contributed by atoms with Crippen LogP contribution in [0, 0.1) is 27.7 Å². The number of anilines is 1. The molecule has 0 atom stereocenters. The molecule has 2 aromatic rings. The third kappa shape index (κ3) is 4.95. The number of carbonyl (C=O) groups is 2. The highest BCUT2D eigenvalue weighted by Gasteiger charge is 2.11. The van der Waals surface area contributed by atoms with Gasteiger partial charge in [0.2, 0.25) is 0 Å². The summed E-state index contributed by atoms with van der Waals surface area (Å²) < 4.78 is 5.07. The number of hydrogen-bond donors (Lipinski definition) is 1. The molecule has 0 aliphatic heterocycles. The number of benzene rings is 2. The summed E-state index contributed by atoms with van der Waals surface area (Å²) in [6.45, 7) is 7.59. The van der Waals surface area contributed by atoms with Gasteiger partial charge in [-0.3, -0.25) is 9.59 Å². The summed E-state index contributed by atoms with van der Waals surface area (Å²) >= 11 is 0. The smallest absolute Gasteiger partial charge is 0.310 e. The Hall–Kier alpha value is -2.62. The highest BCUT2D eigenvalue weighted by molar-refractivity contribution is 5.94. The molecule has 126 valence electrons. The number of esters is 1. The molecule has 1 amide bonds.